The molecule has 20 heavy (non-hydrogen) atoms. The van der Waals surface area contributed by atoms with Crippen molar-refractivity contribution in [3.05, 3.63) is 29.8 Å². The molecule has 1 rings (SSSR count). The van der Waals surface area contributed by atoms with Crippen LogP contribution in [0.1, 0.15) is 30.6 Å². The summed E-state index contributed by atoms with van der Waals surface area (Å²) in [5, 5.41) is 0. The number of ether oxygens (including phenoxy) is 2. The minimum absolute atomic E-state index is 0.213. The fourth-order valence-electron chi connectivity index (χ4n) is 1.18. The molecule has 0 aliphatic carbocycles. The third kappa shape index (κ3) is 8.10. The zero-order valence-corrected chi connectivity index (χ0v) is 11.9. The molecule has 0 aliphatic rings. The molecule has 0 unspecified atom stereocenters. The molecule has 0 bridgehead atoms. The van der Waals surface area contributed by atoms with Crippen LogP contribution in [-0.2, 0) is 14.3 Å². The van der Waals surface area contributed by atoms with Gasteiger partial charge in [0.05, 0.1) is 25.2 Å². The highest BCUT2D eigenvalue weighted by Gasteiger charge is 2.03. The van der Waals surface area contributed by atoms with Crippen molar-refractivity contribution < 1.29 is 19.1 Å². The molecule has 0 spiro atoms. The number of rotatable bonds is 5. The maximum absolute atomic E-state index is 11.1. The van der Waals surface area contributed by atoms with Gasteiger partial charge in [-0.05, 0) is 38.1 Å². The Morgan fingerprint density at radius 2 is 1.60 bits per heavy atom. The highest BCUT2D eigenvalue weighted by atomic mass is 16.5. The van der Waals surface area contributed by atoms with Crippen LogP contribution >= 0.6 is 0 Å². The first kappa shape index (κ1) is 17.9. The molecule has 0 aromatic heterocycles. The van der Waals surface area contributed by atoms with Crippen LogP contribution in [0.15, 0.2) is 24.3 Å². The number of anilines is 1. The smallest absolute Gasteiger partial charge is 0.338 e. The lowest BCUT2D eigenvalue weighted by Crippen LogP contribution is -2.10. The second-order valence-electron chi connectivity index (χ2n) is 3.69. The molecule has 6 nitrogen and oxygen atoms in total. The second kappa shape index (κ2) is 10.8. The number of nitrogen functional groups attached to an aromatic ring is 1. The van der Waals surface area contributed by atoms with Crippen LogP contribution in [0.4, 0.5) is 5.69 Å². The van der Waals surface area contributed by atoms with Gasteiger partial charge in [0.25, 0.3) is 0 Å². The molecule has 1 aromatic carbocycles. The molecule has 112 valence electrons. The Morgan fingerprint density at radius 1 is 1.05 bits per heavy atom. The first-order valence-electron chi connectivity index (χ1n) is 6.43. The minimum Gasteiger partial charge on any atom is -0.466 e. The van der Waals surface area contributed by atoms with E-state index < -0.39 is 0 Å². The van der Waals surface area contributed by atoms with Crippen molar-refractivity contribution in [3.8, 4) is 0 Å². The van der Waals surface area contributed by atoms with E-state index in [4.69, 9.17) is 16.2 Å². The molecule has 0 heterocycles. The summed E-state index contributed by atoms with van der Waals surface area (Å²) in [6.45, 7) is 4.75. The predicted molar refractivity (Wildman–Crippen MR) is 77.1 cm³/mol. The molecular formula is C14H22N2O4. The number of carbonyl (C=O) groups excluding carboxylic acids is 2. The monoisotopic (exact) mass is 282 g/mol. The van der Waals surface area contributed by atoms with E-state index >= 15 is 0 Å². The average Bonchev–Trinajstić information content (AvgIpc) is 2.41. The molecular weight excluding hydrogens is 260 g/mol. The molecule has 0 saturated heterocycles. The van der Waals surface area contributed by atoms with Crippen molar-refractivity contribution in [1.82, 2.24) is 0 Å². The van der Waals surface area contributed by atoms with Crippen LogP contribution in [0, 0.1) is 0 Å². The first-order valence-corrected chi connectivity index (χ1v) is 6.43. The van der Waals surface area contributed by atoms with E-state index in [1.54, 1.807) is 38.1 Å². The lowest BCUT2D eigenvalue weighted by atomic mass is 10.2. The van der Waals surface area contributed by atoms with Gasteiger partial charge in [0.15, 0.2) is 0 Å². The standard InChI is InChI=1S/C9H11NO2.C5H11NO2/c1-2-12-9(11)7-3-5-8(10)6-4-7;1-2-8-5(7)3-4-6/h3-6H,2,10H2,1H3;2-4,6H2,1H3. The van der Waals surface area contributed by atoms with Gasteiger partial charge in [0, 0.05) is 12.2 Å². The number of benzene rings is 1. The lowest BCUT2D eigenvalue weighted by Gasteiger charge is -2.00. The molecule has 0 fully saturated rings. The number of esters is 2. The summed E-state index contributed by atoms with van der Waals surface area (Å²) in [5.41, 5.74) is 11.7. The minimum atomic E-state index is -0.308. The fraction of sp³-hybridized carbons (Fsp3) is 0.429. The number of carbonyl (C=O) groups is 2. The zero-order valence-electron chi connectivity index (χ0n) is 11.9. The van der Waals surface area contributed by atoms with Crippen LogP contribution in [0.2, 0.25) is 0 Å². The van der Waals surface area contributed by atoms with Gasteiger partial charge in [-0.15, -0.1) is 0 Å². The predicted octanol–water partition coefficient (Wildman–Crippen LogP) is 1.34. The Bertz CT molecular complexity index is 396. The third-order valence-electron chi connectivity index (χ3n) is 2.08. The summed E-state index contributed by atoms with van der Waals surface area (Å²) in [6, 6.07) is 6.64. The Kier molecular flexibility index (Phi) is 9.68. The van der Waals surface area contributed by atoms with Gasteiger partial charge in [0.1, 0.15) is 0 Å². The van der Waals surface area contributed by atoms with E-state index in [0.29, 0.717) is 37.4 Å². The normalized spacial score (nSPS) is 9.15. The lowest BCUT2D eigenvalue weighted by molar-refractivity contribution is -0.142. The molecule has 0 radical (unpaired) electrons. The molecule has 0 saturated carbocycles. The summed E-state index contributed by atoms with van der Waals surface area (Å²) in [4.78, 5) is 21.4. The highest BCUT2D eigenvalue weighted by molar-refractivity contribution is 5.89. The van der Waals surface area contributed by atoms with Crippen molar-refractivity contribution in [2.45, 2.75) is 20.3 Å². The van der Waals surface area contributed by atoms with Crippen LogP contribution in [0.5, 0.6) is 0 Å². The number of hydrogen-bond acceptors (Lipinski definition) is 6. The van der Waals surface area contributed by atoms with E-state index in [9.17, 15) is 9.59 Å². The van der Waals surface area contributed by atoms with E-state index in [0.717, 1.165) is 0 Å². The summed E-state index contributed by atoms with van der Waals surface area (Å²) >= 11 is 0. The highest BCUT2D eigenvalue weighted by Crippen LogP contribution is 2.06. The van der Waals surface area contributed by atoms with Gasteiger partial charge in [-0.25, -0.2) is 4.79 Å². The van der Waals surface area contributed by atoms with Gasteiger partial charge < -0.3 is 20.9 Å². The van der Waals surface area contributed by atoms with Crippen molar-refractivity contribution >= 4 is 17.6 Å². The largest absolute Gasteiger partial charge is 0.466 e. The van der Waals surface area contributed by atoms with Crippen molar-refractivity contribution in [2.75, 3.05) is 25.5 Å². The van der Waals surface area contributed by atoms with Gasteiger partial charge in [-0.1, -0.05) is 0 Å². The van der Waals surface area contributed by atoms with E-state index in [1.165, 1.54) is 0 Å². The van der Waals surface area contributed by atoms with Crippen LogP contribution in [0.3, 0.4) is 0 Å². The van der Waals surface area contributed by atoms with Gasteiger partial charge in [-0.2, -0.15) is 0 Å². The molecule has 0 aliphatic heterocycles. The Morgan fingerprint density at radius 3 is 2.05 bits per heavy atom. The van der Waals surface area contributed by atoms with Gasteiger partial charge in [-0.3, -0.25) is 4.79 Å². The first-order chi connectivity index (χ1) is 9.54. The number of hydrogen-bond donors (Lipinski definition) is 2. The Balaban J connectivity index is 0.000000396. The molecule has 0 atom stereocenters. The van der Waals surface area contributed by atoms with Crippen molar-refractivity contribution in [3.63, 3.8) is 0 Å². The summed E-state index contributed by atoms with van der Waals surface area (Å²) in [7, 11) is 0. The molecule has 4 N–H and O–H groups in total. The van der Waals surface area contributed by atoms with Crippen molar-refractivity contribution in [2.24, 2.45) is 5.73 Å². The van der Waals surface area contributed by atoms with Crippen molar-refractivity contribution in [1.29, 1.82) is 0 Å². The van der Waals surface area contributed by atoms with Crippen LogP contribution in [-0.4, -0.2) is 31.7 Å². The maximum atomic E-state index is 11.1. The van der Waals surface area contributed by atoms with Gasteiger partial charge >= 0.3 is 11.9 Å². The molecule has 0 amide bonds. The van der Waals surface area contributed by atoms with Crippen LogP contribution < -0.4 is 11.5 Å². The summed E-state index contributed by atoms with van der Waals surface area (Å²) in [5.74, 6) is -0.521. The molecule has 1 aromatic rings. The Hall–Kier alpha value is -2.08. The third-order valence-corrected chi connectivity index (χ3v) is 2.08. The summed E-state index contributed by atoms with van der Waals surface area (Å²) < 4.78 is 9.35. The fourth-order valence-corrected chi connectivity index (χ4v) is 1.18. The quantitative estimate of drug-likeness (QED) is 0.624. The van der Waals surface area contributed by atoms with E-state index in [1.807, 2.05) is 0 Å². The van der Waals surface area contributed by atoms with Crippen LogP contribution in [0.25, 0.3) is 0 Å². The topological polar surface area (TPSA) is 105 Å². The number of nitrogens with two attached hydrogens (primary N) is 2. The second-order valence-corrected chi connectivity index (χ2v) is 3.69. The maximum Gasteiger partial charge on any atom is 0.338 e. The van der Waals surface area contributed by atoms with E-state index in [2.05, 4.69) is 4.74 Å². The SMILES string of the molecule is CCOC(=O)CCN.CCOC(=O)c1ccc(N)cc1. The molecule has 6 heteroatoms. The van der Waals surface area contributed by atoms with E-state index in [-0.39, 0.29) is 11.9 Å². The zero-order chi connectivity index (χ0) is 15.4. The summed E-state index contributed by atoms with van der Waals surface area (Å²) in [6.07, 6.45) is 0.327. The average molecular weight is 282 g/mol. The van der Waals surface area contributed by atoms with Gasteiger partial charge in [0.2, 0.25) is 0 Å². The Labute approximate surface area is 119 Å².